The van der Waals surface area contributed by atoms with Crippen LogP contribution in [0.25, 0.3) is 0 Å². The van der Waals surface area contributed by atoms with Gasteiger partial charge < -0.3 is 10.2 Å². The molecule has 36 heavy (non-hydrogen) atoms. The van der Waals surface area contributed by atoms with Crippen molar-refractivity contribution in [2.75, 3.05) is 17.9 Å². The Morgan fingerprint density at radius 3 is 2.19 bits per heavy atom. The molecule has 0 heterocycles. The molecule has 3 rings (SSSR count). The lowest BCUT2D eigenvalue weighted by atomic mass is 10.1. The van der Waals surface area contributed by atoms with Gasteiger partial charge in [0.2, 0.25) is 11.8 Å². The van der Waals surface area contributed by atoms with Gasteiger partial charge in [-0.05, 0) is 67.8 Å². The third kappa shape index (κ3) is 6.06. The van der Waals surface area contributed by atoms with Crippen molar-refractivity contribution in [2.45, 2.75) is 38.3 Å². The predicted octanol–water partition coefficient (Wildman–Crippen LogP) is 4.32. The van der Waals surface area contributed by atoms with E-state index in [1.54, 1.807) is 61.5 Å². The highest BCUT2D eigenvalue weighted by Gasteiger charge is 2.33. The van der Waals surface area contributed by atoms with Crippen LogP contribution in [0.3, 0.4) is 0 Å². The third-order valence-corrected chi connectivity index (χ3v) is 8.16. The molecule has 0 bridgehead atoms. The molecule has 0 aliphatic heterocycles. The summed E-state index contributed by atoms with van der Waals surface area (Å²) in [7, 11) is -2.59. The van der Waals surface area contributed by atoms with Crippen LogP contribution in [0.5, 0.6) is 0 Å². The molecule has 0 aliphatic rings. The molecule has 0 aromatic heterocycles. The van der Waals surface area contributed by atoms with Gasteiger partial charge in [-0.15, -0.1) is 0 Å². The first-order valence-electron chi connectivity index (χ1n) is 11.5. The normalized spacial score (nSPS) is 12.0. The molecule has 0 fully saturated rings. The van der Waals surface area contributed by atoms with Crippen LogP contribution in [0, 0.1) is 13.8 Å². The van der Waals surface area contributed by atoms with E-state index in [2.05, 4.69) is 5.32 Å². The van der Waals surface area contributed by atoms with Gasteiger partial charge in [0.05, 0.1) is 10.6 Å². The SMILES string of the molecule is CNC(=O)C(C)N(Cc1ccc(Cl)cc1)C(=O)CN(c1cccc(C)c1C)S(=O)(=O)c1ccccc1. The number of nitrogens with one attached hydrogen (secondary N) is 1. The second-order valence-electron chi connectivity index (χ2n) is 8.48. The molecule has 2 amide bonds. The maximum atomic E-state index is 13.8. The molecular weight excluding hydrogens is 498 g/mol. The van der Waals surface area contributed by atoms with E-state index >= 15 is 0 Å². The summed E-state index contributed by atoms with van der Waals surface area (Å²) in [6.45, 7) is 4.95. The number of amides is 2. The first-order chi connectivity index (χ1) is 17.1. The van der Waals surface area contributed by atoms with E-state index in [1.165, 1.54) is 24.1 Å². The molecule has 1 atom stereocenters. The molecule has 0 radical (unpaired) electrons. The molecule has 0 saturated carbocycles. The Kier molecular flexibility index (Phi) is 8.76. The number of halogens is 1. The Morgan fingerprint density at radius 1 is 0.944 bits per heavy atom. The van der Waals surface area contributed by atoms with Gasteiger partial charge in [0, 0.05) is 18.6 Å². The van der Waals surface area contributed by atoms with Crippen molar-refractivity contribution >= 4 is 39.1 Å². The van der Waals surface area contributed by atoms with Crippen LogP contribution in [0.2, 0.25) is 5.02 Å². The Hall–Kier alpha value is -3.36. The second kappa shape index (κ2) is 11.6. The topological polar surface area (TPSA) is 86.8 Å². The fourth-order valence-corrected chi connectivity index (χ4v) is 5.44. The Labute approximate surface area is 217 Å². The van der Waals surface area contributed by atoms with Gasteiger partial charge in [-0.25, -0.2) is 8.42 Å². The van der Waals surface area contributed by atoms with Gasteiger partial charge >= 0.3 is 0 Å². The summed E-state index contributed by atoms with van der Waals surface area (Å²) in [6, 6.07) is 19.4. The number of benzene rings is 3. The van der Waals surface area contributed by atoms with Crippen LogP contribution in [0.15, 0.2) is 77.7 Å². The summed E-state index contributed by atoms with van der Waals surface area (Å²) in [4.78, 5) is 27.7. The number of aryl methyl sites for hydroxylation is 1. The quantitative estimate of drug-likeness (QED) is 0.449. The zero-order valence-electron chi connectivity index (χ0n) is 20.7. The minimum atomic E-state index is -4.08. The van der Waals surface area contributed by atoms with Crippen LogP contribution >= 0.6 is 11.6 Å². The van der Waals surface area contributed by atoms with Gasteiger partial charge in [-0.2, -0.15) is 0 Å². The van der Waals surface area contributed by atoms with Gasteiger partial charge in [0.1, 0.15) is 12.6 Å². The predicted molar refractivity (Wildman–Crippen MR) is 142 cm³/mol. The number of sulfonamides is 1. The van der Waals surface area contributed by atoms with Crippen molar-refractivity contribution in [3.05, 3.63) is 94.5 Å². The number of likely N-dealkylation sites (N-methyl/N-ethyl adjacent to an activating group) is 1. The van der Waals surface area contributed by atoms with Crippen molar-refractivity contribution in [3.8, 4) is 0 Å². The largest absolute Gasteiger partial charge is 0.357 e. The Morgan fingerprint density at radius 2 is 1.58 bits per heavy atom. The average Bonchev–Trinajstić information content (AvgIpc) is 2.88. The van der Waals surface area contributed by atoms with E-state index in [4.69, 9.17) is 11.6 Å². The molecule has 1 N–H and O–H groups in total. The summed E-state index contributed by atoms with van der Waals surface area (Å²) >= 11 is 6.00. The van der Waals surface area contributed by atoms with E-state index in [0.717, 1.165) is 21.0 Å². The first kappa shape index (κ1) is 27.2. The molecule has 1 unspecified atom stereocenters. The minimum absolute atomic E-state index is 0.0716. The highest BCUT2D eigenvalue weighted by molar-refractivity contribution is 7.92. The summed E-state index contributed by atoms with van der Waals surface area (Å²) in [5, 5.41) is 3.11. The Bertz CT molecular complexity index is 1330. The van der Waals surface area contributed by atoms with Crippen molar-refractivity contribution < 1.29 is 18.0 Å². The summed E-state index contributed by atoms with van der Waals surface area (Å²) in [5.74, 6) is -0.872. The molecule has 0 aliphatic carbocycles. The zero-order valence-corrected chi connectivity index (χ0v) is 22.3. The number of hydrogen-bond acceptors (Lipinski definition) is 4. The summed E-state index contributed by atoms with van der Waals surface area (Å²) < 4.78 is 28.7. The fraction of sp³-hybridized carbons (Fsp3) is 0.259. The van der Waals surface area contributed by atoms with E-state index in [-0.39, 0.29) is 17.3 Å². The van der Waals surface area contributed by atoms with Crippen molar-refractivity contribution in [1.82, 2.24) is 10.2 Å². The lowest BCUT2D eigenvalue weighted by molar-refractivity contribution is -0.139. The van der Waals surface area contributed by atoms with E-state index in [0.29, 0.717) is 10.7 Å². The Balaban J connectivity index is 2.06. The zero-order chi connectivity index (χ0) is 26.5. The number of carbonyl (C=O) groups excluding carboxylic acids is 2. The molecule has 0 saturated heterocycles. The minimum Gasteiger partial charge on any atom is -0.357 e. The maximum Gasteiger partial charge on any atom is 0.264 e. The van der Waals surface area contributed by atoms with Crippen molar-refractivity contribution in [3.63, 3.8) is 0 Å². The fourth-order valence-electron chi connectivity index (χ4n) is 3.82. The highest BCUT2D eigenvalue weighted by atomic mass is 35.5. The third-order valence-electron chi connectivity index (χ3n) is 6.13. The monoisotopic (exact) mass is 527 g/mol. The van der Waals surface area contributed by atoms with Crippen LogP contribution in [0.1, 0.15) is 23.6 Å². The number of carbonyl (C=O) groups is 2. The van der Waals surface area contributed by atoms with E-state index in [1.807, 2.05) is 19.9 Å². The number of anilines is 1. The average molecular weight is 528 g/mol. The van der Waals surface area contributed by atoms with Crippen LogP contribution in [0.4, 0.5) is 5.69 Å². The molecule has 3 aromatic carbocycles. The van der Waals surface area contributed by atoms with Gasteiger partial charge in [0.15, 0.2) is 0 Å². The summed E-state index contributed by atoms with van der Waals surface area (Å²) in [5.41, 5.74) is 2.80. The molecule has 7 nitrogen and oxygen atoms in total. The summed E-state index contributed by atoms with van der Waals surface area (Å²) in [6.07, 6.45) is 0. The molecular formula is C27H30ClN3O4S. The molecule has 190 valence electrons. The van der Waals surface area contributed by atoms with E-state index < -0.39 is 28.5 Å². The van der Waals surface area contributed by atoms with E-state index in [9.17, 15) is 18.0 Å². The number of hydrogen-bond donors (Lipinski definition) is 1. The lowest BCUT2D eigenvalue weighted by Crippen LogP contribution is -2.50. The highest BCUT2D eigenvalue weighted by Crippen LogP contribution is 2.29. The lowest BCUT2D eigenvalue weighted by Gasteiger charge is -2.32. The van der Waals surface area contributed by atoms with Gasteiger partial charge in [-0.1, -0.05) is 54.1 Å². The molecule has 9 heteroatoms. The van der Waals surface area contributed by atoms with Gasteiger partial charge in [-0.3, -0.25) is 13.9 Å². The number of nitrogens with zero attached hydrogens (tertiary/aromatic N) is 2. The smallest absolute Gasteiger partial charge is 0.264 e. The number of rotatable bonds is 9. The molecule has 3 aromatic rings. The van der Waals surface area contributed by atoms with Crippen molar-refractivity contribution in [2.24, 2.45) is 0 Å². The van der Waals surface area contributed by atoms with Gasteiger partial charge in [0.25, 0.3) is 10.0 Å². The molecule has 0 spiro atoms. The van der Waals surface area contributed by atoms with Crippen LogP contribution < -0.4 is 9.62 Å². The maximum absolute atomic E-state index is 13.8. The second-order valence-corrected chi connectivity index (χ2v) is 10.8. The first-order valence-corrected chi connectivity index (χ1v) is 13.3. The van der Waals surface area contributed by atoms with Crippen LogP contribution in [-0.4, -0.2) is 44.8 Å². The standard InChI is InChI=1S/C27H30ClN3O4S/c1-19-9-8-12-25(20(19)2)31(36(34,35)24-10-6-5-7-11-24)18-26(32)30(21(3)27(33)29-4)17-22-13-15-23(28)16-14-22/h5-16,21H,17-18H2,1-4H3,(H,29,33). The van der Waals surface area contributed by atoms with Crippen molar-refractivity contribution in [1.29, 1.82) is 0 Å². The van der Waals surface area contributed by atoms with Crippen LogP contribution in [-0.2, 0) is 26.2 Å².